The molecule has 2 rings (SSSR count). The standard InChI is InChI=1S/C16H30N4/c1-4-19(16(13-17)9-6-5-7-10-16)12-15-8-11-20(18-15)14(2)3/h8,11,14H,4-7,9-10,12-13,17H2,1-3H3. The summed E-state index contributed by atoms with van der Waals surface area (Å²) in [5, 5.41) is 4.69. The summed E-state index contributed by atoms with van der Waals surface area (Å²) in [5.41, 5.74) is 7.52. The van der Waals surface area contributed by atoms with Gasteiger partial charge in [-0.2, -0.15) is 5.10 Å². The Morgan fingerprint density at radius 3 is 2.55 bits per heavy atom. The van der Waals surface area contributed by atoms with Gasteiger partial charge in [-0.05, 0) is 39.3 Å². The lowest BCUT2D eigenvalue weighted by Crippen LogP contribution is -2.54. The van der Waals surface area contributed by atoms with Gasteiger partial charge in [0, 0.05) is 30.9 Å². The summed E-state index contributed by atoms with van der Waals surface area (Å²) < 4.78 is 2.04. The van der Waals surface area contributed by atoms with Crippen molar-refractivity contribution in [2.75, 3.05) is 13.1 Å². The highest BCUT2D eigenvalue weighted by atomic mass is 15.3. The van der Waals surface area contributed by atoms with Crippen LogP contribution in [0.25, 0.3) is 0 Å². The molecular weight excluding hydrogens is 248 g/mol. The quantitative estimate of drug-likeness (QED) is 0.870. The van der Waals surface area contributed by atoms with Crippen molar-refractivity contribution in [1.29, 1.82) is 0 Å². The van der Waals surface area contributed by atoms with Crippen molar-refractivity contribution in [1.82, 2.24) is 14.7 Å². The van der Waals surface area contributed by atoms with E-state index in [1.165, 1.54) is 37.8 Å². The zero-order chi connectivity index (χ0) is 14.6. The molecule has 0 spiro atoms. The molecule has 0 radical (unpaired) electrons. The molecule has 4 nitrogen and oxygen atoms in total. The summed E-state index contributed by atoms with van der Waals surface area (Å²) in [4.78, 5) is 2.55. The van der Waals surface area contributed by atoms with E-state index in [1.54, 1.807) is 0 Å². The molecular formula is C16H30N4. The predicted octanol–water partition coefficient (Wildman–Crippen LogP) is 2.95. The Hall–Kier alpha value is -0.870. The van der Waals surface area contributed by atoms with Crippen LogP contribution in [-0.4, -0.2) is 33.3 Å². The minimum atomic E-state index is 0.203. The third kappa shape index (κ3) is 3.23. The number of nitrogens with zero attached hydrogens (tertiary/aromatic N) is 3. The van der Waals surface area contributed by atoms with Gasteiger partial charge in [0.2, 0.25) is 0 Å². The number of rotatable bonds is 6. The Kier molecular flexibility index (Phi) is 5.22. The molecule has 0 aliphatic heterocycles. The van der Waals surface area contributed by atoms with Crippen LogP contribution in [-0.2, 0) is 6.54 Å². The summed E-state index contributed by atoms with van der Waals surface area (Å²) in [6, 6.07) is 2.58. The van der Waals surface area contributed by atoms with Crippen LogP contribution in [0.2, 0.25) is 0 Å². The first-order chi connectivity index (χ1) is 9.61. The number of hydrogen-bond acceptors (Lipinski definition) is 3. The lowest BCUT2D eigenvalue weighted by Gasteiger charge is -2.45. The SMILES string of the molecule is CCN(Cc1ccn(C(C)C)n1)C1(CN)CCCCC1. The molecule has 114 valence electrons. The van der Waals surface area contributed by atoms with Crippen LogP contribution in [0, 0.1) is 0 Å². The molecule has 20 heavy (non-hydrogen) atoms. The minimum Gasteiger partial charge on any atom is -0.329 e. The van der Waals surface area contributed by atoms with E-state index in [2.05, 4.69) is 37.9 Å². The number of aromatic nitrogens is 2. The topological polar surface area (TPSA) is 47.1 Å². The fraction of sp³-hybridized carbons (Fsp3) is 0.812. The zero-order valence-corrected chi connectivity index (χ0v) is 13.3. The summed E-state index contributed by atoms with van der Waals surface area (Å²) in [7, 11) is 0. The van der Waals surface area contributed by atoms with E-state index in [9.17, 15) is 0 Å². The number of likely N-dealkylation sites (N-methyl/N-ethyl adjacent to an activating group) is 1. The van der Waals surface area contributed by atoms with Crippen molar-refractivity contribution in [3.8, 4) is 0 Å². The molecule has 0 aromatic carbocycles. The van der Waals surface area contributed by atoms with E-state index in [1.807, 2.05) is 4.68 Å². The normalized spacial score (nSPS) is 18.9. The van der Waals surface area contributed by atoms with Crippen molar-refractivity contribution >= 4 is 0 Å². The first-order valence-corrected chi connectivity index (χ1v) is 8.10. The second kappa shape index (κ2) is 6.72. The van der Waals surface area contributed by atoms with Gasteiger partial charge in [-0.3, -0.25) is 9.58 Å². The Bertz CT molecular complexity index is 404. The third-order valence-corrected chi connectivity index (χ3v) is 4.76. The van der Waals surface area contributed by atoms with E-state index in [4.69, 9.17) is 10.8 Å². The summed E-state index contributed by atoms with van der Waals surface area (Å²) in [5.74, 6) is 0. The lowest BCUT2D eigenvalue weighted by atomic mass is 9.80. The monoisotopic (exact) mass is 278 g/mol. The van der Waals surface area contributed by atoms with Gasteiger partial charge >= 0.3 is 0 Å². The van der Waals surface area contributed by atoms with E-state index < -0.39 is 0 Å². The Balaban J connectivity index is 2.10. The molecule has 1 aromatic heterocycles. The maximum absolute atomic E-state index is 6.15. The van der Waals surface area contributed by atoms with E-state index in [-0.39, 0.29) is 5.54 Å². The molecule has 0 bridgehead atoms. The minimum absolute atomic E-state index is 0.203. The van der Waals surface area contributed by atoms with E-state index in [0.717, 1.165) is 19.6 Å². The second-order valence-corrected chi connectivity index (χ2v) is 6.38. The Labute approximate surface area is 123 Å². The fourth-order valence-electron chi connectivity index (χ4n) is 3.42. The van der Waals surface area contributed by atoms with Crippen LogP contribution in [0.1, 0.15) is 64.6 Å². The molecule has 1 aromatic rings. The average Bonchev–Trinajstić information content (AvgIpc) is 2.94. The molecule has 0 amide bonds. The molecule has 1 heterocycles. The molecule has 4 heteroatoms. The molecule has 0 atom stereocenters. The van der Waals surface area contributed by atoms with Gasteiger partial charge in [0.25, 0.3) is 0 Å². The predicted molar refractivity (Wildman–Crippen MR) is 83.6 cm³/mol. The third-order valence-electron chi connectivity index (χ3n) is 4.76. The van der Waals surface area contributed by atoms with Crippen molar-refractivity contribution in [3.63, 3.8) is 0 Å². The first kappa shape index (κ1) is 15.5. The maximum Gasteiger partial charge on any atom is 0.0765 e. The zero-order valence-electron chi connectivity index (χ0n) is 13.3. The van der Waals surface area contributed by atoms with Gasteiger partial charge in [0.15, 0.2) is 0 Å². The molecule has 2 N–H and O–H groups in total. The van der Waals surface area contributed by atoms with Gasteiger partial charge in [0.05, 0.1) is 5.69 Å². The van der Waals surface area contributed by atoms with Crippen LogP contribution in [0.4, 0.5) is 0 Å². The van der Waals surface area contributed by atoms with E-state index >= 15 is 0 Å². The second-order valence-electron chi connectivity index (χ2n) is 6.38. The maximum atomic E-state index is 6.15. The van der Waals surface area contributed by atoms with Crippen LogP contribution in [0.5, 0.6) is 0 Å². The van der Waals surface area contributed by atoms with Gasteiger partial charge < -0.3 is 5.73 Å². The highest BCUT2D eigenvalue weighted by Crippen LogP contribution is 2.33. The van der Waals surface area contributed by atoms with Gasteiger partial charge in [-0.15, -0.1) is 0 Å². The summed E-state index contributed by atoms with van der Waals surface area (Å²) >= 11 is 0. The van der Waals surface area contributed by atoms with Gasteiger partial charge in [-0.25, -0.2) is 0 Å². The fourth-order valence-corrected chi connectivity index (χ4v) is 3.42. The highest BCUT2D eigenvalue weighted by molar-refractivity contribution is 5.03. The van der Waals surface area contributed by atoms with Crippen molar-refractivity contribution < 1.29 is 0 Å². The average molecular weight is 278 g/mol. The molecule has 0 saturated heterocycles. The van der Waals surface area contributed by atoms with E-state index in [0.29, 0.717) is 6.04 Å². The summed E-state index contributed by atoms with van der Waals surface area (Å²) in [6.07, 6.45) is 8.55. The van der Waals surface area contributed by atoms with Crippen LogP contribution >= 0.6 is 0 Å². The smallest absolute Gasteiger partial charge is 0.0765 e. The Morgan fingerprint density at radius 1 is 1.35 bits per heavy atom. The molecule has 1 aliphatic rings. The number of hydrogen-bond donors (Lipinski definition) is 1. The van der Waals surface area contributed by atoms with Crippen molar-refractivity contribution in [2.24, 2.45) is 5.73 Å². The Morgan fingerprint density at radius 2 is 2.05 bits per heavy atom. The van der Waals surface area contributed by atoms with Crippen LogP contribution < -0.4 is 5.73 Å². The van der Waals surface area contributed by atoms with Crippen molar-refractivity contribution in [2.45, 2.75) is 71.0 Å². The lowest BCUT2D eigenvalue weighted by molar-refractivity contribution is 0.0533. The molecule has 1 aliphatic carbocycles. The highest BCUT2D eigenvalue weighted by Gasteiger charge is 2.36. The van der Waals surface area contributed by atoms with Gasteiger partial charge in [-0.1, -0.05) is 26.2 Å². The van der Waals surface area contributed by atoms with Crippen LogP contribution in [0.3, 0.4) is 0 Å². The number of nitrogens with two attached hydrogens (primary N) is 1. The molecule has 1 fully saturated rings. The summed E-state index contributed by atoms with van der Waals surface area (Å²) in [6.45, 7) is 9.31. The first-order valence-electron chi connectivity index (χ1n) is 8.10. The van der Waals surface area contributed by atoms with Crippen LogP contribution in [0.15, 0.2) is 12.3 Å². The van der Waals surface area contributed by atoms with Gasteiger partial charge in [0.1, 0.15) is 0 Å². The molecule has 1 saturated carbocycles. The van der Waals surface area contributed by atoms with Crippen molar-refractivity contribution in [3.05, 3.63) is 18.0 Å². The largest absolute Gasteiger partial charge is 0.329 e. The molecule has 0 unspecified atom stereocenters.